The van der Waals surface area contributed by atoms with Gasteiger partial charge in [0.05, 0.1) is 5.69 Å². The Morgan fingerprint density at radius 1 is 1.11 bits per heavy atom. The number of likely N-dealkylation sites (N-methyl/N-ethyl adjacent to an activating group) is 1. The average molecular weight is 257 g/mol. The molecule has 1 amide bonds. The van der Waals surface area contributed by atoms with Gasteiger partial charge in [-0.05, 0) is 35.4 Å². The molecular formula is C15H12FNO2. The van der Waals surface area contributed by atoms with Gasteiger partial charge in [0.1, 0.15) is 11.6 Å². The van der Waals surface area contributed by atoms with Crippen molar-refractivity contribution in [2.45, 2.75) is 0 Å². The first-order chi connectivity index (χ1) is 9.15. The van der Waals surface area contributed by atoms with Crippen LogP contribution in [-0.2, 0) is 4.79 Å². The van der Waals surface area contributed by atoms with E-state index in [0.29, 0.717) is 5.75 Å². The lowest BCUT2D eigenvalue weighted by Gasteiger charge is -2.26. The lowest BCUT2D eigenvalue weighted by Crippen LogP contribution is -2.35. The van der Waals surface area contributed by atoms with E-state index in [0.717, 1.165) is 16.8 Å². The van der Waals surface area contributed by atoms with Crippen LogP contribution in [-0.4, -0.2) is 19.6 Å². The van der Waals surface area contributed by atoms with Gasteiger partial charge in [-0.2, -0.15) is 0 Å². The molecule has 0 unspecified atom stereocenters. The minimum atomic E-state index is -0.261. The largest absolute Gasteiger partial charge is 0.482 e. The van der Waals surface area contributed by atoms with Crippen molar-refractivity contribution in [2.24, 2.45) is 0 Å². The highest BCUT2D eigenvalue weighted by molar-refractivity contribution is 5.97. The second-order valence-corrected chi connectivity index (χ2v) is 4.43. The number of hydrogen-bond acceptors (Lipinski definition) is 2. The molecule has 0 spiro atoms. The Bertz CT molecular complexity index is 637. The molecule has 96 valence electrons. The van der Waals surface area contributed by atoms with E-state index < -0.39 is 0 Å². The van der Waals surface area contributed by atoms with Crippen LogP contribution in [0.4, 0.5) is 10.1 Å². The number of carbonyl (C=O) groups excluding carboxylic acids is 1. The fourth-order valence-electron chi connectivity index (χ4n) is 2.10. The third-order valence-electron chi connectivity index (χ3n) is 3.22. The van der Waals surface area contributed by atoms with Crippen molar-refractivity contribution in [3.8, 4) is 16.9 Å². The van der Waals surface area contributed by atoms with Crippen LogP contribution in [0.1, 0.15) is 0 Å². The Kier molecular flexibility index (Phi) is 2.71. The van der Waals surface area contributed by atoms with Crippen LogP contribution < -0.4 is 9.64 Å². The summed E-state index contributed by atoms with van der Waals surface area (Å²) in [6, 6.07) is 11.9. The monoisotopic (exact) mass is 257 g/mol. The zero-order chi connectivity index (χ0) is 13.4. The van der Waals surface area contributed by atoms with Crippen molar-refractivity contribution in [1.29, 1.82) is 0 Å². The molecule has 0 radical (unpaired) electrons. The van der Waals surface area contributed by atoms with Crippen molar-refractivity contribution in [3.63, 3.8) is 0 Å². The summed E-state index contributed by atoms with van der Waals surface area (Å²) < 4.78 is 18.3. The van der Waals surface area contributed by atoms with Crippen molar-refractivity contribution in [3.05, 3.63) is 48.3 Å². The molecular weight excluding hydrogens is 245 g/mol. The molecule has 0 aromatic heterocycles. The smallest absolute Gasteiger partial charge is 0.264 e. The van der Waals surface area contributed by atoms with Gasteiger partial charge in [-0.1, -0.05) is 18.2 Å². The molecule has 0 atom stereocenters. The number of carbonyl (C=O) groups is 1. The van der Waals surface area contributed by atoms with Gasteiger partial charge in [0.15, 0.2) is 6.61 Å². The molecule has 2 aromatic carbocycles. The molecule has 2 aromatic rings. The Hall–Kier alpha value is -2.36. The first kappa shape index (κ1) is 11.7. The number of hydrogen-bond donors (Lipinski definition) is 0. The second kappa shape index (κ2) is 4.39. The van der Waals surface area contributed by atoms with Gasteiger partial charge in [0, 0.05) is 7.05 Å². The molecule has 0 saturated carbocycles. The summed E-state index contributed by atoms with van der Waals surface area (Å²) in [5.41, 5.74) is 2.59. The number of amides is 1. The van der Waals surface area contributed by atoms with E-state index in [9.17, 15) is 9.18 Å². The Balaban J connectivity index is 2.02. The number of benzene rings is 2. The predicted molar refractivity (Wildman–Crippen MR) is 70.7 cm³/mol. The normalized spacial score (nSPS) is 14.0. The summed E-state index contributed by atoms with van der Waals surface area (Å²) >= 11 is 0. The molecule has 0 bridgehead atoms. The predicted octanol–water partition coefficient (Wildman–Crippen LogP) is 2.85. The van der Waals surface area contributed by atoms with Crippen molar-refractivity contribution in [1.82, 2.24) is 0 Å². The molecule has 3 rings (SSSR count). The Morgan fingerprint density at radius 2 is 1.79 bits per heavy atom. The van der Waals surface area contributed by atoms with Crippen LogP contribution in [0.25, 0.3) is 11.1 Å². The fraction of sp³-hybridized carbons (Fsp3) is 0.133. The van der Waals surface area contributed by atoms with Crippen molar-refractivity contribution >= 4 is 11.6 Å². The maximum atomic E-state index is 12.9. The minimum Gasteiger partial charge on any atom is -0.482 e. The molecule has 0 aliphatic carbocycles. The van der Waals surface area contributed by atoms with Crippen molar-refractivity contribution in [2.75, 3.05) is 18.6 Å². The van der Waals surface area contributed by atoms with Crippen LogP contribution in [0.2, 0.25) is 0 Å². The zero-order valence-corrected chi connectivity index (χ0v) is 10.4. The van der Waals surface area contributed by atoms with Gasteiger partial charge in [-0.15, -0.1) is 0 Å². The Morgan fingerprint density at radius 3 is 2.53 bits per heavy atom. The summed E-state index contributed by atoms with van der Waals surface area (Å²) in [5.74, 6) is 0.342. The van der Waals surface area contributed by atoms with E-state index >= 15 is 0 Å². The number of fused-ring (bicyclic) bond motifs is 1. The molecule has 1 aliphatic rings. The van der Waals surface area contributed by atoms with Gasteiger partial charge < -0.3 is 9.64 Å². The van der Waals surface area contributed by atoms with Crippen LogP contribution in [0, 0.1) is 5.82 Å². The van der Waals surface area contributed by atoms with E-state index in [-0.39, 0.29) is 18.3 Å². The molecule has 0 fully saturated rings. The summed E-state index contributed by atoms with van der Waals surface area (Å²) in [4.78, 5) is 13.1. The highest BCUT2D eigenvalue weighted by atomic mass is 19.1. The third-order valence-corrected chi connectivity index (χ3v) is 3.22. The highest BCUT2D eigenvalue weighted by Gasteiger charge is 2.22. The molecule has 0 N–H and O–H groups in total. The van der Waals surface area contributed by atoms with Gasteiger partial charge in [-0.25, -0.2) is 4.39 Å². The lowest BCUT2D eigenvalue weighted by molar-refractivity contribution is -0.120. The first-order valence-corrected chi connectivity index (χ1v) is 5.94. The topological polar surface area (TPSA) is 29.5 Å². The maximum absolute atomic E-state index is 12.9. The van der Waals surface area contributed by atoms with E-state index in [1.807, 2.05) is 18.2 Å². The van der Waals surface area contributed by atoms with Gasteiger partial charge in [-0.3, -0.25) is 4.79 Å². The third kappa shape index (κ3) is 2.05. The average Bonchev–Trinajstić information content (AvgIpc) is 2.43. The molecule has 4 heteroatoms. The SMILES string of the molecule is CN1C(=O)COc2cc(-c3ccc(F)cc3)ccc21. The number of ether oxygens (including phenoxy) is 1. The number of rotatable bonds is 1. The van der Waals surface area contributed by atoms with E-state index in [2.05, 4.69) is 0 Å². The standard InChI is InChI=1S/C15H12FNO2/c1-17-13-7-4-11(8-14(13)19-9-15(17)18)10-2-5-12(16)6-3-10/h2-8H,9H2,1H3. The van der Waals surface area contributed by atoms with E-state index in [1.54, 1.807) is 24.1 Å². The van der Waals surface area contributed by atoms with Gasteiger partial charge in [0.2, 0.25) is 0 Å². The van der Waals surface area contributed by atoms with E-state index in [4.69, 9.17) is 4.74 Å². The number of nitrogens with zero attached hydrogens (tertiary/aromatic N) is 1. The van der Waals surface area contributed by atoms with Gasteiger partial charge >= 0.3 is 0 Å². The van der Waals surface area contributed by atoms with Crippen molar-refractivity contribution < 1.29 is 13.9 Å². The van der Waals surface area contributed by atoms with Gasteiger partial charge in [0.25, 0.3) is 5.91 Å². The Labute approximate surface area is 110 Å². The molecule has 1 aliphatic heterocycles. The maximum Gasteiger partial charge on any atom is 0.264 e. The second-order valence-electron chi connectivity index (χ2n) is 4.43. The summed E-state index contributed by atoms with van der Waals surface area (Å²) in [6.07, 6.45) is 0. The molecule has 1 heterocycles. The molecule has 3 nitrogen and oxygen atoms in total. The van der Waals surface area contributed by atoms with Crippen LogP contribution >= 0.6 is 0 Å². The number of anilines is 1. The minimum absolute atomic E-state index is 0.0520. The summed E-state index contributed by atoms with van der Waals surface area (Å²) in [7, 11) is 1.72. The molecule has 19 heavy (non-hydrogen) atoms. The summed E-state index contributed by atoms with van der Waals surface area (Å²) in [5, 5.41) is 0. The fourth-order valence-corrected chi connectivity index (χ4v) is 2.10. The summed E-state index contributed by atoms with van der Waals surface area (Å²) in [6.45, 7) is 0.0520. The van der Waals surface area contributed by atoms with E-state index in [1.165, 1.54) is 12.1 Å². The van der Waals surface area contributed by atoms with Crippen LogP contribution in [0.15, 0.2) is 42.5 Å². The first-order valence-electron chi connectivity index (χ1n) is 5.94. The number of halogens is 1. The quantitative estimate of drug-likeness (QED) is 0.786. The lowest BCUT2D eigenvalue weighted by atomic mass is 10.0. The molecule has 0 saturated heterocycles. The zero-order valence-electron chi connectivity index (χ0n) is 10.4. The van der Waals surface area contributed by atoms with Crippen LogP contribution in [0.5, 0.6) is 5.75 Å². The highest BCUT2D eigenvalue weighted by Crippen LogP contribution is 2.35. The van der Waals surface area contributed by atoms with Crippen LogP contribution in [0.3, 0.4) is 0 Å².